The zero-order valence-electron chi connectivity index (χ0n) is 19.5. The molecule has 1 aliphatic heterocycles. The number of benzene rings is 2. The molecule has 7 heteroatoms. The quantitative estimate of drug-likeness (QED) is 0.405. The highest BCUT2D eigenvalue weighted by atomic mass is 35.5. The van der Waals surface area contributed by atoms with Gasteiger partial charge in [-0.25, -0.2) is 0 Å². The van der Waals surface area contributed by atoms with Gasteiger partial charge in [0.05, 0.1) is 6.61 Å². The molecule has 0 spiro atoms. The maximum absolute atomic E-state index is 13.0. The first-order valence-electron chi connectivity index (χ1n) is 11.5. The number of aliphatic hydroxyl groups is 1. The molecular weight excluding hydrogens is 448 g/mol. The average Bonchev–Trinajstić information content (AvgIpc) is 3.26. The van der Waals surface area contributed by atoms with E-state index in [0.29, 0.717) is 30.2 Å². The standard InChI is InChI=1S/C27H31ClN4O2/c1-19(27(34)30-15-20-7-9-22(28)10-8-20)24-18-32(12-11-26(24)31(2)13-14-33)17-21-16-29-25-6-4-3-5-23(21)25/h3-10,16,29,33H,1,11-15,17-18H2,2H3,(H,30,34). The Morgan fingerprint density at radius 1 is 1.24 bits per heavy atom. The van der Waals surface area contributed by atoms with Crippen LogP contribution >= 0.6 is 11.6 Å². The second-order valence-electron chi connectivity index (χ2n) is 8.68. The molecule has 0 bridgehead atoms. The third-order valence-corrected chi connectivity index (χ3v) is 6.62. The van der Waals surface area contributed by atoms with Gasteiger partial charge >= 0.3 is 0 Å². The van der Waals surface area contributed by atoms with Crippen LogP contribution in [-0.4, -0.2) is 59.1 Å². The van der Waals surface area contributed by atoms with Gasteiger partial charge in [-0.3, -0.25) is 9.69 Å². The van der Waals surface area contributed by atoms with Gasteiger partial charge in [-0.1, -0.05) is 48.5 Å². The number of hydrogen-bond donors (Lipinski definition) is 3. The normalized spacial score (nSPS) is 14.4. The van der Waals surface area contributed by atoms with Gasteiger partial charge < -0.3 is 20.3 Å². The molecule has 178 valence electrons. The first-order chi connectivity index (χ1) is 16.5. The summed E-state index contributed by atoms with van der Waals surface area (Å²) in [6.45, 7) is 7.42. The van der Waals surface area contributed by atoms with E-state index in [0.717, 1.165) is 41.9 Å². The third-order valence-electron chi connectivity index (χ3n) is 6.36. The van der Waals surface area contributed by atoms with Gasteiger partial charge in [0.25, 0.3) is 5.91 Å². The van der Waals surface area contributed by atoms with Crippen LogP contribution in [0.2, 0.25) is 5.02 Å². The number of carbonyl (C=O) groups excluding carboxylic acids is 1. The van der Waals surface area contributed by atoms with Crippen LogP contribution in [0.15, 0.2) is 78.1 Å². The minimum absolute atomic E-state index is 0.0571. The van der Waals surface area contributed by atoms with Crippen molar-refractivity contribution in [2.45, 2.75) is 19.5 Å². The highest BCUT2D eigenvalue weighted by Crippen LogP contribution is 2.28. The minimum Gasteiger partial charge on any atom is -0.395 e. The zero-order valence-corrected chi connectivity index (χ0v) is 20.2. The first kappa shape index (κ1) is 24.1. The third kappa shape index (κ3) is 5.53. The predicted molar refractivity (Wildman–Crippen MR) is 137 cm³/mol. The second kappa shape index (κ2) is 10.9. The van der Waals surface area contributed by atoms with Crippen molar-refractivity contribution in [3.05, 3.63) is 94.3 Å². The molecule has 0 radical (unpaired) electrons. The molecule has 0 fully saturated rings. The van der Waals surface area contributed by atoms with E-state index in [1.165, 1.54) is 10.9 Å². The molecule has 0 saturated heterocycles. The number of likely N-dealkylation sites (N-methyl/N-ethyl adjacent to an activating group) is 1. The fourth-order valence-corrected chi connectivity index (χ4v) is 4.58. The lowest BCUT2D eigenvalue weighted by atomic mass is 9.97. The number of fused-ring (bicyclic) bond motifs is 1. The highest BCUT2D eigenvalue weighted by Gasteiger charge is 2.26. The van der Waals surface area contributed by atoms with Gasteiger partial charge in [0.2, 0.25) is 0 Å². The molecule has 1 aliphatic rings. The van der Waals surface area contributed by atoms with Crippen LogP contribution in [0.5, 0.6) is 0 Å². The summed E-state index contributed by atoms with van der Waals surface area (Å²) >= 11 is 5.96. The molecule has 2 aromatic carbocycles. The number of aliphatic hydroxyl groups excluding tert-OH is 1. The summed E-state index contributed by atoms with van der Waals surface area (Å²) in [6, 6.07) is 15.7. The Balaban J connectivity index is 1.50. The zero-order chi connectivity index (χ0) is 24.1. The summed E-state index contributed by atoms with van der Waals surface area (Å²) in [4.78, 5) is 20.8. The van der Waals surface area contributed by atoms with Crippen LogP contribution in [-0.2, 0) is 17.9 Å². The van der Waals surface area contributed by atoms with Gasteiger partial charge in [0.1, 0.15) is 0 Å². The lowest BCUT2D eigenvalue weighted by Gasteiger charge is -2.35. The van der Waals surface area contributed by atoms with Crippen LogP contribution < -0.4 is 5.32 Å². The molecule has 4 rings (SSSR count). The Kier molecular flexibility index (Phi) is 7.73. The molecule has 0 atom stereocenters. The molecule has 34 heavy (non-hydrogen) atoms. The second-order valence-corrected chi connectivity index (χ2v) is 9.11. The van der Waals surface area contributed by atoms with E-state index in [4.69, 9.17) is 11.6 Å². The van der Waals surface area contributed by atoms with Crippen molar-refractivity contribution in [1.82, 2.24) is 20.1 Å². The predicted octanol–water partition coefficient (Wildman–Crippen LogP) is 4.08. The van der Waals surface area contributed by atoms with E-state index in [2.05, 4.69) is 46.2 Å². The number of aromatic nitrogens is 1. The van der Waals surface area contributed by atoms with Gasteiger partial charge in [-0.2, -0.15) is 0 Å². The number of H-pyrrole nitrogens is 1. The van der Waals surface area contributed by atoms with Gasteiger partial charge in [0.15, 0.2) is 0 Å². The van der Waals surface area contributed by atoms with Crippen molar-refractivity contribution in [1.29, 1.82) is 0 Å². The summed E-state index contributed by atoms with van der Waals surface area (Å²) in [5.41, 5.74) is 5.80. The van der Waals surface area contributed by atoms with E-state index in [1.807, 2.05) is 42.3 Å². The molecule has 6 nitrogen and oxygen atoms in total. The lowest BCUT2D eigenvalue weighted by Crippen LogP contribution is -2.38. The van der Waals surface area contributed by atoms with Crippen molar-refractivity contribution in [2.24, 2.45) is 0 Å². The molecule has 2 heterocycles. The Labute approximate surface area is 205 Å². The van der Waals surface area contributed by atoms with E-state index >= 15 is 0 Å². The summed E-state index contributed by atoms with van der Waals surface area (Å²) in [6.07, 6.45) is 2.85. The number of nitrogens with zero attached hydrogens (tertiary/aromatic N) is 2. The largest absolute Gasteiger partial charge is 0.395 e. The summed E-state index contributed by atoms with van der Waals surface area (Å²) in [5, 5.41) is 14.3. The number of rotatable bonds is 9. The monoisotopic (exact) mass is 478 g/mol. The number of aromatic amines is 1. The lowest BCUT2D eigenvalue weighted by molar-refractivity contribution is -0.117. The molecule has 0 saturated carbocycles. The number of amides is 1. The maximum atomic E-state index is 13.0. The summed E-state index contributed by atoms with van der Waals surface area (Å²) in [7, 11) is 1.96. The Morgan fingerprint density at radius 2 is 2.00 bits per heavy atom. The topological polar surface area (TPSA) is 71.6 Å². The molecule has 0 aliphatic carbocycles. The van der Waals surface area contributed by atoms with Crippen LogP contribution in [0.25, 0.3) is 10.9 Å². The van der Waals surface area contributed by atoms with E-state index in [1.54, 1.807) is 0 Å². The van der Waals surface area contributed by atoms with Crippen LogP contribution in [0.4, 0.5) is 0 Å². The fourth-order valence-electron chi connectivity index (χ4n) is 4.45. The Bertz CT molecular complexity index is 1200. The van der Waals surface area contributed by atoms with Crippen molar-refractivity contribution in [3.8, 4) is 0 Å². The molecule has 1 amide bonds. The van der Waals surface area contributed by atoms with E-state index in [9.17, 15) is 9.90 Å². The average molecular weight is 479 g/mol. The Hall–Kier alpha value is -3.06. The number of carbonyl (C=O) groups is 1. The van der Waals surface area contributed by atoms with Crippen molar-refractivity contribution in [3.63, 3.8) is 0 Å². The van der Waals surface area contributed by atoms with Gasteiger partial charge in [0, 0.05) is 79.6 Å². The highest BCUT2D eigenvalue weighted by molar-refractivity contribution is 6.30. The van der Waals surface area contributed by atoms with Crippen molar-refractivity contribution >= 4 is 28.4 Å². The molecule has 3 aromatic rings. The smallest absolute Gasteiger partial charge is 0.251 e. The summed E-state index contributed by atoms with van der Waals surface area (Å²) < 4.78 is 0. The van der Waals surface area contributed by atoms with E-state index < -0.39 is 0 Å². The van der Waals surface area contributed by atoms with Crippen LogP contribution in [0.3, 0.4) is 0 Å². The van der Waals surface area contributed by atoms with Gasteiger partial charge in [-0.15, -0.1) is 0 Å². The number of para-hydroxylation sites is 1. The first-order valence-corrected chi connectivity index (χ1v) is 11.9. The van der Waals surface area contributed by atoms with Gasteiger partial charge in [-0.05, 0) is 34.9 Å². The SMILES string of the molecule is C=C(C(=O)NCc1ccc(Cl)cc1)C1=C(N(C)CCO)CCN(Cc2c[nH]c3ccccc23)C1. The molecular formula is C27H31ClN4O2. The Morgan fingerprint density at radius 3 is 2.76 bits per heavy atom. The van der Waals surface area contributed by atoms with Crippen molar-refractivity contribution < 1.29 is 9.90 Å². The van der Waals surface area contributed by atoms with Crippen molar-refractivity contribution in [2.75, 3.05) is 33.3 Å². The summed E-state index contributed by atoms with van der Waals surface area (Å²) in [5.74, 6) is -0.186. The molecule has 0 unspecified atom stereocenters. The molecule has 3 N–H and O–H groups in total. The number of halogens is 1. The molecule has 1 aromatic heterocycles. The van der Waals surface area contributed by atoms with Crippen LogP contribution in [0.1, 0.15) is 17.5 Å². The maximum Gasteiger partial charge on any atom is 0.251 e. The van der Waals surface area contributed by atoms with Crippen LogP contribution in [0, 0.1) is 0 Å². The minimum atomic E-state index is -0.186. The number of nitrogens with one attached hydrogen (secondary N) is 2. The fraction of sp³-hybridized carbons (Fsp3) is 0.296. The van der Waals surface area contributed by atoms with E-state index in [-0.39, 0.29) is 12.5 Å². The number of hydrogen-bond acceptors (Lipinski definition) is 4.